The zero-order valence-corrected chi connectivity index (χ0v) is 10.8. The van der Waals surface area contributed by atoms with Gasteiger partial charge in [0.05, 0.1) is 0 Å². The molecular formula is C14H17ClN2. The molecule has 1 aromatic carbocycles. The van der Waals surface area contributed by atoms with E-state index in [0.717, 1.165) is 24.2 Å². The van der Waals surface area contributed by atoms with Crippen molar-refractivity contribution >= 4 is 22.5 Å². The molecule has 0 radical (unpaired) electrons. The first kappa shape index (κ1) is 11.1. The van der Waals surface area contributed by atoms with Gasteiger partial charge in [-0.1, -0.05) is 11.6 Å². The second kappa shape index (κ2) is 4.35. The zero-order valence-electron chi connectivity index (χ0n) is 10.0. The Morgan fingerprint density at radius 2 is 2.24 bits per heavy atom. The van der Waals surface area contributed by atoms with E-state index in [2.05, 4.69) is 35.1 Å². The summed E-state index contributed by atoms with van der Waals surface area (Å²) in [5.41, 5.74) is 2.64. The van der Waals surface area contributed by atoms with Crippen molar-refractivity contribution in [2.45, 2.75) is 38.9 Å². The quantitative estimate of drug-likeness (QED) is 0.876. The van der Waals surface area contributed by atoms with Crippen molar-refractivity contribution < 1.29 is 0 Å². The topological polar surface area (TPSA) is 17.0 Å². The monoisotopic (exact) mass is 248 g/mol. The molecule has 2 aromatic rings. The second-order valence-electron chi connectivity index (χ2n) is 4.76. The smallest absolute Gasteiger partial charge is 0.0484 e. The minimum Gasteiger partial charge on any atom is -0.347 e. The molecule has 0 saturated heterocycles. The van der Waals surface area contributed by atoms with E-state index in [-0.39, 0.29) is 0 Å². The Morgan fingerprint density at radius 3 is 2.94 bits per heavy atom. The highest BCUT2D eigenvalue weighted by Gasteiger charge is 2.20. The van der Waals surface area contributed by atoms with Crippen molar-refractivity contribution in [1.29, 1.82) is 0 Å². The van der Waals surface area contributed by atoms with Crippen molar-refractivity contribution in [1.82, 2.24) is 9.88 Å². The van der Waals surface area contributed by atoms with Gasteiger partial charge >= 0.3 is 0 Å². The Hall–Kier alpha value is -0.990. The number of hydrogen-bond acceptors (Lipinski definition) is 1. The van der Waals surface area contributed by atoms with E-state index in [1.165, 1.54) is 29.3 Å². The van der Waals surface area contributed by atoms with Crippen molar-refractivity contribution in [3.8, 4) is 0 Å². The summed E-state index contributed by atoms with van der Waals surface area (Å²) in [5, 5.41) is 5.67. The summed E-state index contributed by atoms with van der Waals surface area (Å²) in [7, 11) is 0. The van der Waals surface area contributed by atoms with E-state index in [1.807, 2.05) is 6.07 Å². The Morgan fingerprint density at radius 1 is 1.41 bits per heavy atom. The van der Waals surface area contributed by atoms with Crippen LogP contribution in [0.1, 0.15) is 25.3 Å². The number of aryl methyl sites for hydroxylation is 1. The van der Waals surface area contributed by atoms with Crippen molar-refractivity contribution in [3.63, 3.8) is 0 Å². The van der Waals surface area contributed by atoms with Gasteiger partial charge in [0.15, 0.2) is 0 Å². The molecule has 0 bridgehead atoms. The van der Waals surface area contributed by atoms with Crippen LogP contribution in [0.15, 0.2) is 24.4 Å². The van der Waals surface area contributed by atoms with E-state index >= 15 is 0 Å². The Bertz CT molecular complexity index is 540. The molecule has 0 spiro atoms. The van der Waals surface area contributed by atoms with Crippen LogP contribution >= 0.6 is 11.6 Å². The minimum absolute atomic E-state index is 0.745. The van der Waals surface area contributed by atoms with Gasteiger partial charge in [-0.15, -0.1) is 0 Å². The molecule has 1 saturated carbocycles. The van der Waals surface area contributed by atoms with E-state index < -0.39 is 0 Å². The van der Waals surface area contributed by atoms with E-state index in [1.54, 1.807) is 0 Å². The van der Waals surface area contributed by atoms with Crippen LogP contribution in [0.3, 0.4) is 0 Å². The molecule has 1 aliphatic rings. The van der Waals surface area contributed by atoms with Gasteiger partial charge < -0.3 is 9.88 Å². The molecule has 3 heteroatoms. The van der Waals surface area contributed by atoms with Gasteiger partial charge in [-0.3, -0.25) is 0 Å². The number of nitrogens with one attached hydrogen (secondary N) is 1. The SMILES string of the molecule is CCn1cc(CNC2CC2)c2cc(Cl)ccc21. The molecule has 2 nitrogen and oxygen atoms in total. The van der Waals surface area contributed by atoms with E-state index in [0.29, 0.717) is 0 Å². The van der Waals surface area contributed by atoms with Crippen molar-refractivity contribution in [3.05, 3.63) is 35.0 Å². The molecule has 0 unspecified atom stereocenters. The number of rotatable bonds is 4. The van der Waals surface area contributed by atoms with Gasteiger partial charge in [-0.2, -0.15) is 0 Å². The third kappa shape index (κ3) is 2.20. The number of halogens is 1. The van der Waals surface area contributed by atoms with E-state index in [4.69, 9.17) is 11.6 Å². The van der Waals surface area contributed by atoms with Crippen LogP contribution in [-0.2, 0) is 13.1 Å². The maximum atomic E-state index is 6.09. The molecular weight excluding hydrogens is 232 g/mol. The lowest BCUT2D eigenvalue weighted by Gasteiger charge is -2.01. The Labute approximate surface area is 107 Å². The van der Waals surface area contributed by atoms with Crippen LogP contribution in [0.4, 0.5) is 0 Å². The average Bonchev–Trinajstić information content (AvgIpc) is 3.09. The van der Waals surface area contributed by atoms with Gasteiger partial charge in [0.25, 0.3) is 0 Å². The molecule has 1 fully saturated rings. The van der Waals surface area contributed by atoms with Crippen LogP contribution in [0.5, 0.6) is 0 Å². The summed E-state index contributed by atoms with van der Waals surface area (Å²) in [4.78, 5) is 0. The summed E-state index contributed by atoms with van der Waals surface area (Å²) in [6.07, 6.45) is 4.90. The van der Waals surface area contributed by atoms with E-state index in [9.17, 15) is 0 Å². The number of benzene rings is 1. The lowest BCUT2D eigenvalue weighted by atomic mass is 10.2. The molecule has 1 heterocycles. The molecule has 1 aliphatic carbocycles. The number of hydrogen-bond donors (Lipinski definition) is 1. The highest BCUT2D eigenvalue weighted by atomic mass is 35.5. The maximum absolute atomic E-state index is 6.09. The van der Waals surface area contributed by atoms with Gasteiger partial charge in [0.2, 0.25) is 0 Å². The predicted octanol–water partition coefficient (Wildman–Crippen LogP) is 3.57. The van der Waals surface area contributed by atoms with Crippen LogP contribution in [0.25, 0.3) is 10.9 Å². The number of aromatic nitrogens is 1. The Kier molecular flexibility index (Phi) is 2.85. The van der Waals surface area contributed by atoms with Gasteiger partial charge in [-0.05, 0) is 43.5 Å². The first-order valence-corrected chi connectivity index (χ1v) is 6.66. The van der Waals surface area contributed by atoms with Crippen LogP contribution in [0.2, 0.25) is 5.02 Å². The summed E-state index contributed by atoms with van der Waals surface area (Å²) in [6.45, 7) is 4.13. The summed E-state index contributed by atoms with van der Waals surface area (Å²) >= 11 is 6.09. The van der Waals surface area contributed by atoms with Gasteiger partial charge in [0, 0.05) is 41.3 Å². The largest absolute Gasteiger partial charge is 0.347 e. The fourth-order valence-corrected chi connectivity index (χ4v) is 2.46. The van der Waals surface area contributed by atoms with Gasteiger partial charge in [-0.25, -0.2) is 0 Å². The third-order valence-corrected chi connectivity index (χ3v) is 3.66. The van der Waals surface area contributed by atoms with Crippen LogP contribution in [-0.4, -0.2) is 10.6 Å². The predicted molar refractivity (Wildman–Crippen MR) is 72.5 cm³/mol. The first-order valence-electron chi connectivity index (χ1n) is 6.28. The summed E-state index contributed by atoms with van der Waals surface area (Å²) < 4.78 is 2.29. The molecule has 0 amide bonds. The normalized spacial score (nSPS) is 15.6. The highest BCUT2D eigenvalue weighted by Crippen LogP contribution is 2.26. The molecule has 1 aromatic heterocycles. The number of fused-ring (bicyclic) bond motifs is 1. The fraction of sp³-hybridized carbons (Fsp3) is 0.429. The first-order chi connectivity index (χ1) is 8.28. The average molecular weight is 249 g/mol. The molecule has 3 rings (SSSR count). The lowest BCUT2D eigenvalue weighted by molar-refractivity contribution is 0.686. The molecule has 1 N–H and O–H groups in total. The summed E-state index contributed by atoms with van der Waals surface area (Å²) in [6, 6.07) is 6.90. The number of nitrogens with zero attached hydrogens (tertiary/aromatic N) is 1. The Balaban J connectivity index is 1.99. The lowest BCUT2D eigenvalue weighted by Crippen LogP contribution is -2.14. The van der Waals surface area contributed by atoms with Gasteiger partial charge in [0.1, 0.15) is 0 Å². The molecule has 17 heavy (non-hydrogen) atoms. The van der Waals surface area contributed by atoms with Crippen molar-refractivity contribution in [2.75, 3.05) is 0 Å². The minimum atomic E-state index is 0.745. The third-order valence-electron chi connectivity index (χ3n) is 3.42. The highest BCUT2D eigenvalue weighted by molar-refractivity contribution is 6.31. The summed E-state index contributed by atoms with van der Waals surface area (Å²) in [5.74, 6) is 0. The molecule has 90 valence electrons. The fourth-order valence-electron chi connectivity index (χ4n) is 2.29. The second-order valence-corrected chi connectivity index (χ2v) is 5.19. The standard InChI is InChI=1S/C14H17ClN2/c1-2-17-9-10(8-16-12-4-5-12)13-7-11(15)3-6-14(13)17/h3,6-7,9,12,16H,2,4-5,8H2,1H3. The molecule has 0 aliphatic heterocycles. The van der Waals surface area contributed by atoms with Crippen molar-refractivity contribution in [2.24, 2.45) is 0 Å². The molecule has 0 atom stereocenters. The van der Waals surface area contributed by atoms with Crippen LogP contribution in [0, 0.1) is 0 Å². The van der Waals surface area contributed by atoms with Crippen LogP contribution < -0.4 is 5.32 Å². The zero-order chi connectivity index (χ0) is 11.8. The maximum Gasteiger partial charge on any atom is 0.0484 e.